The molecule has 0 N–H and O–H groups in total. The van der Waals surface area contributed by atoms with Crippen LogP contribution in [0.1, 0.15) is 75.2 Å². The van der Waals surface area contributed by atoms with E-state index in [4.69, 9.17) is 4.74 Å². The number of carbonyl (C=O) groups is 2. The van der Waals surface area contributed by atoms with E-state index in [2.05, 4.69) is 35.8 Å². The maximum Gasteiger partial charge on any atom is 0.308 e. The first-order valence-corrected chi connectivity index (χ1v) is 14.2. The molecular weight excluding hydrogens is 460 g/mol. The highest BCUT2D eigenvalue weighted by Gasteiger charge is 2.50. The lowest BCUT2D eigenvalue weighted by Gasteiger charge is -2.55. The Kier molecular flexibility index (Phi) is 7.71. The number of esters is 1. The third kappa shape index (κ3) is 5.93. The summed E-state index contributed by atoms with van der Waals surface area (Å²) in [6.45, 7) is 10.1. The molecule has 3 aliphatic rings. The molecule has 2 aromatic carbocycles. The number of benzene rings is 2. The summed E-state index contributed by atoms with van der Waals surface area (Å²) in [6.07, 6.45) is 6.96. The second-order valence-corrected chi connectivity index (χ2v) is 12.1. The van der Waals surface area contributed by atoms with Crippen LogP contribution in [0.3, 0.4) is 0 Å². The molecular formula is C32H42N2O3. The lowest BCUT2D eigenvalue weighted by Crippen LogP contribution is -2.57. The smallest absolute Gasteiger partial charge is 0.308 e. The fourth-order valence-corrected chi connectivity index (χ4v) is 6.86. The van der Waals surface area contributed by atoms with Crippen LogP contribution >= 0.6 is 0 Å². The zero-order valence-corrected chi connectivity index (χ0v) is 22.7. The van der Waals surface area contributed by atoms with Gasteiger partial charge in [0.2, 0.25) is 0 Å². The summed E-state index contributed by atoms with van der Waals surface area (Å²) in [5.74, 6) is 2.31. The number of hydrogen-bond acceptors (Lipinski definition) is 4. The number of nitrogens with zero attached hydrogens (tertiary/aromatic N) is 2. The summed E-state index contributed by atoms with van der Waals surface area (Å²) < 4.78 is 5.51. The summed E-state index contributed by atoms with van der Waals surface area (Å²) >= 11 is 0. The molecule has 1 amide bonds. The third-order valence-electron chi connectivity index (χ3n) is 8.75. The minimum absolute atomic E-state index is 0.0225. The van der Waals surface area contributed by atoms with E-state index in [0.717, 1.165) is 56.8 Å². The molecule has 0 bridgehead atoms. The van der Waals surface area contributed by atoms with E-state index < -0.39 is 0 Å². The molecule has 0 aromatic heterocycles. The van der Waals surface area contributed by atoms with Gasteiger partial charge in [0.15, 0.2) is 0 Å². The molecule has 5 rings (SSSR count). The molecule has 2 aromatic rings. The van der Waals surface area contributed by atoms with E-state index in [9.17, 15) is 9.59 Å². The Bertz CT molecular complexity index is 1100. The van der Waals surface area contributed by atoms with Crippen LogP contribution in [0.25, 0.3) is 0 Å². The Balaban J connectivity index is 1.47. The van der Waals surface area contributed by atoms with Crippen molar-refractivity contribution in [3.8, 4) is 5.75 Å². The summed E-state index contributed by atoms with van der Waals surface area (Å²) in [7, 11) is 0. The van der Waals surface area contributed by atoms with Gasteiger partial charge in [-0.05, 0) is 92.7 Å². The van der Waals surface area contributed by atoms with Crippen LogP contribution in [-0.2, 0) is 10.2 Å². The molecule has 37 heavy (non-hydrogen) atoms. The van der Waals surface area contributed by atoms with Crippen LogP contribution in [0.15, 0.2) is 54.6 Å². The molecule has 5 heteroatoms. The normalized spacial score (nSPS) is 25.9. The average molecular weight is 503 g/mol. The van der Waals surface area contributed by atoms with Gasteiger partial charge >= 0.3 is 5.97 Å². The third-order valence-corrected chi connectivity index (χ3v) is 8.75. The Morgan fingerprint density at radius 3 is 2.54 bits per heavy atom. The number of ether oxygens (including phenoxy) is 1. The number of amides is 1. The molecule has 1 aliphatic heterocycles. The molecule has 2 aliphatic carbocycles. The van der Waals surface area contributed by atoms with Crippen molar-refractivity contribution in [3.05, 3.63) is 65.7 Å². The van der Waals surface area contributed by atoms with E-state index in [-0.39, 0.29) is 23.3 Å². The van der Waals surface area contributed by atoms with Gasteiger partial charge in [0.1, 0.15) is 5.75 Å². The fourth-order valence-electron chi connectivity index (χ4n) is 6.86. The van der Waals surface area contributed by atoms with Crippen LogP contribution in [0.5, 0.6) is 5.75 Å². The van der Waals surface area contributed by atoms with Gasteiger partial charge in [-0.3, -0.25) is 9.59 Å². The number of hydrogen-bond donors (Lipinski definition) is 0. The lowest BCUT2D eigenvalue weighted by molar-refractivity contribution is -0.131. The predicted molar refractivity (Wildman–Crippen MR) is 147 cm³/mol. The molecule has 2 saturated carbocycles. The fraction of sp³-hybridized carbons (Fsp3) is 0.562. The second-order valence-electron chi connectivity index (χ2n) is 12.1. The van der Waals surface area contributed by atoms with Crippen molar-refractivity contribution in [2.75, 3.05) is 26.2 Å². The highest BCUT2D eigenvalue weighted by molar-refractivity contribution is 5.94. The largest absolute Gasteiger partial charge is 0.427 e. The van der Waals surface area contributed by atoms with E-state index in [1.807, 2.05) is 42.5 Å². The molecule has 1 heterocycles. The van der Waals surface area contributed by atoms with Gasteiger partial charge in [-0.2, -0.15) is 0 Å². The zero-order valence-electron chi connectivity index (χ0n) is 22.7. The van der Waals surface area contributed by atoms with Crippen molar-refractivity contribution in [1.29, 1.82) is 0 Å². The van der Waals surface area contributed by atoms with Gasteiger partial charge in [-0.25, -0.2) is 0 Å². The standard InChI is InChI=1S/C32H42N2O3/c1-23(2)20-34(31(36)26-8-5-4-6-9-26)29-15-14-28-22-33(21-25-12-13-25)17-16-32(28,19-29)27-10-7-11-30(18-27)37-24(3)35/h4-11,18,23,25,28-29H,12-17,19-22H2,1-3H3/t28-,29-,32+/m1/s1. The van der Waals surface area contributed by atoms with Crippen molar-refractivity contribution in [3.63, 3.8) is 0 Å². The van der Waals surface area contributed by atoms with Crippen LogP contribution in [0.4, 0.5) is 0 Å². The molecule has 0 radical (unpaired) electrons. The van der Waals surface area contributed by atoms with Crippen molar-refractivity contribution in [2.45, 2.75) is 70.8 Å². The summed E-state index contributed by atoms with van der Waals surface area (Å²) in [5.41, 5.74) is 2.02. The van der Waals surface area contributed by atoms with E-state index >= 15 is 0 Å². The van der Waals surface area contributed by atoms with Crippen LogP contribution in [-0.4, -0.2) is 53.9 Å². The molecule has 198 valence electrons. The number of carbonyl (C=O) groups excluding carboxylic acids is 2. The maximum absolute atomic E-state index is 13.8. The number of piperidine rings is 1. The topological polar surface area (TPSA) is 49.9 Å². The van der Waals surface area contributed by atoms with Crippen LogP contribution in [0.2, 0.25) is 0 Å². The van der Waals surface area contributed by atoms with E-state index in [1.54, 1.807) is 0 Å². The van der Waals surface area contributed by atoms with Crippen molar-refractivity contribution in [1.82, 2.24) is 9.80 Å². The first-order valence-electron chi connectivity index (χ1n) is 14.2. The van der Waals surface area contributed by atoms with Crippen molar-refractivity contribution in [2.24, 2.45) is 17.8 Å². The van der Waals surface area contributed by atoms with Gasteiger partial charge in [0.25, 0.3) is 5.91 Å². The summed E-state index contributed by atoms with van der Waals surface area (Å²) in [6, 6.07) is 18.2. The van der Waals surface area contributed by atoms with Crippen molar-refractivity contribution >= 4 is 11.9 Å². The Labute approximate surface area is 222 Å². The molecule has 1 saturated heterocycles. The summed E-state index contributed by atoms with van der Waals surface area (Å²) in [5, 5.41) is 0. The van der Waals surface area contributed by atoms with Crippen LogP contribution in [0, 0.1) is 17.8 Å². The van der Waals surface area contributed by atoms with Gasteiger partial charge in [0.05, 0.1) is 0 Å². The minimum Gasteiger partial charge on any atom is -0.427 e. The molecule has 0 unspecified atom stereocenters. The predicted octanol–water partition coefficient (Wildman–Crippen LogP) is 5.93. The average Bonchev–Trinajstić information content (AvgIpc) is 3.71. The molecule has 3 fully saturated rings. The van der Waals surface area contributed by atoms with Crippen LogP contribution < -0.4 is 4.74 Å². The highest BCUT2D eigenvalue weighted by atomic mass is 16.5. The minimum atomic E-state index is -0.288. The van der Waals surface area contributed by atoms with Crippen molar-refractivity contribution < 1.29 is 14.3 Å². The molecule has 0 spiro atoms. The maximum atomic E-state index is 13.8. The van der Waals surface area contributed by atoms with Gasteiger partial charge in [-0.15, -0.1) is 0 Å². The Morgan fingerprint density at radius 1 is 1.05 bits per heavy atom. The Morgan fingerprint density at radius 2 is 1.84 bits per heavy atom. The van der Waals surface area contributed by atoms with Gasteiger partial charge < -0.3 is 14.5 Å². The monoisotopic (exact) mass is 502 g/mol. The molecule has 5 nitrogen and oxygen atoms in total. The zero-order chi connectivity index (χ0) is 26.0. The molecule has 3 atom stereocenters. The number of rotatable bonds is 8. The quantitative estimate of drug-likeness (QED) is 0.331. The summed E-state index contributed by atoms with van der Waals surface area (Å²) in [4.78, 5) is 30.4. The van der Waals surface area contributed by atoms with Gasteiger partial charge in [-0.1, -0.05) is 44.2 Å². The SMILES string of the molecule is CC(=O)Oc1cccc([C@@]23CCN(CC4CC4)C[C@H]2CC[C@@H](N(CC(C)C)C(=O)c2ccccc2)C3)c1. The Hall–Kier alpha value is -2.66. The number of fused-ring (bicyclic) bond motifs is 1. The lowest BCUT2D eigenvalue weighted by atomic mass is 9.57. The number of likely N-dealkylation sites (tertiary alicyclic amines) is 1. The van der Waals surface area contributed by atoms with Gasteiger partial charge in [0, 0.05) is 43.6 Å². The first-order chi connectivity index (χ1) is 17.8. The first kappa shape index (κ1) is 26.0. The highest BCUT2D eigenvalue weighted by Crippen LogP contribution is 2.51. The van der Waals surface area contributed by atoms with E-state index in [1.165, 1.54) is 31.9 Å². The van der Waals surface area contributed by atoms with E-state index in [0.29, 0.717) is 17.6 Å². The second kappa shape index (κ2) is 11.0.